The predicted molar refractivity (Wildman–Crippen MR) is 90.3 cm³/mol. The number of esters is 1. The number of rotatable bonds is 4. The average molecular weight is 406 g/mol. The molecule has 0 spiro atoms. The molecule has 21 heavy (non-hydrogen) atoms. The number of alkyl halides is 1. The lowest BCUT2D eigenvalue weighted by Gasteiger charge is -2.38. The van der Waals surface area contributed by atoms with Crippen molar-refractivity contribution in [3.8, 4) is 0 Å². The van der Waals surface area contributed by atoms with Crippen molar-refractivity contribution in [2.24, 2.45) is 17.8 Å². The van der Waals surface area contributed by atoms with Gasteiger partial charge in [0.2, 0.25) is 0 Å². The Hall–Kier alpha value is 0.160. The normalized spacial score (nSPS) is 40.2. The molecule has 5 atom stereocenters. The Morgan fingerprint density at radius 1 is 1.29 bits per heavy atom. The second-order valence-corrected chi connectivity index (χ2v) is 10.0. The number of carbonyl (C=O) groups is 1. The lowest BCUT2D eigenvalue weighted by molar-refractivity contribution is -0.155. The van der Waals surface area contributed by atoms with Crippen molar-refractivity contribution in [3.63, 3.8) is 0 Å². The van der Waals surface area contributed by atoms with E-state index in [-0.39, 0.29) is 12.1 Å². The molecule has 3 saturated carbocycles. The lowest BCUT2D eigenvalue weighted by Crippen LogP contribution is -2.42. The van der Waals surface area contributed by atoms with Gasteiger partial charge in [0.05, 0.1) is 5.60 Å². The number of hydrogen-bond donors (Lipinski definition) is 1. The zero-order chi connectivity index (χ0) is 15.3. The van der Waals surface area contributed by atoms with E-state index in [2.05, 4.69) is 22.6 Å². The molecule has 3 fully saturated rings. The van der Waals surface area contributed by atoms with Gasteiger partial charge >= 0.3 is 5.97 Å². The third-order valence-electron chi connectivity index (χ3n) is 6.30. The summed E-state index contributed by atoms with van der Waals surface area (Å²) in [6.07, 6.45) is 8.39. The van der Waals surface area contributed by atoms with Crippen LogP contribution in [-0.4, -0.2) is 26.2 Å². The summed E-state index contributed by atoms with van der Waals surface area (Å²) in [5.41, 5.74) is -0.407. The largest absolute Gasteiger partial charge is 0.461 e. The Balaban J connectivity index is 1.59. The smallest absolute Gasteiger partial charge is 0.322 e. The van der Waals surface area contributed by atoms with Crippen LogP contribution in [-0.2, 0) is 9.53 Å². The molecule has 5 unspecified atom stereocenters. The van der Waals surface area contributed by atoms with E-state index >= 15 is 0 Å². The van der Waals surface area contributed by atoms with Gasteiger partial charge in [-0.25, -0.2) is 0 Å². The molecule has 0 aromatic rings. The van der Waals surface area contributed by atoms with Crippen LogP contribution in [0.3, 0.4) is 0 Å². The molecule has 0 amide bonds. The molecule has 0 aliphatic heterocycles. The molecule has 0 heterocycles. The zero-order valence-electron chi connectivity index (χ0n) is 13.1. The van der Waals surface area contributed by atoms with E-state index in [1.54, 1.807) is 0 Å². The predicted octanol–water partition coefficient (Wildman–Crippen LogP) is 3.85. The molecule has 0 aromatic heterocycles. The molecular weight excluding hydrogens is 379 g/mol. The number of carbonyl (C=O) groups excluding carboxylic acids is 1. The highest BCUT2D eigenvalue weighted by molar-refractivity contribution is 14.1. The van der Waals surface area contributed by atoms with Crippen LogP contribution in [0.25, 0.3) is 0 Å². The summed E-state index contributed by atoms with van der Waals surface area (Å²) >= 11 is 2.21. The summed E-state index contributed by atoms with van der Waals surface area (Å²) in [5.74, 6) is 1.45. The van der Waals surface area contributed by atoms with Crippen LogP contribution >= 0.6 is 22.6 Å². The minimum atomic E-state index is -0.407. The van der Waals surface area contributed by atoms with Crippen molar-refractivity contribution in [1.82, 2.24) is 0 Å². The molecule has 120 valence electrons. The fraction of sp³-hybridized carbons (Fsp3) is 0.941. The SMILES string of the molecule is CCC(C)(I)C(=O)OC1CC2CC1CC2C1(O)CCCC1. The van der Waals surface area contributed by atoms with Crippen LogP contribution < -0.4 is 0 Å². The van der Waals surface area contributed by atoms with Crippen LogP contribution in [0.1, 0.15) is 65.2 Å². The second kappa shape index (κ2) is 5.66. The van der Waals surface area contributed by atoms with Crippen molar-refractivity contribution in [1.29, 1.82) is 0 Å². The molecule has 0 saturated heterocycles. The Labute approximate surface area is 141 Å². The van der Waals surface area contributed by atoms with Gasteiger partial charge in [0.25, 0.3) is 0 Å². The van der Waals surface area contributed by atoms with E-state index in [0.29, 0.717) is 17.8 Å². The maximum absolute atomic E-state index is 12.2. The summed E-state index contributed by atoms with van der Waals surface area (Å²) in [5, 5.41) is 10.8. The van der Waals surface area contributed by atoms with Crippen LogP contribution in [0.4, 0.5) is 0 Å². The van der Waals surface area contributed by atoms with Gasteiger partial charge in [-0.2, -0.15) is 0 Å². The number of halogens is 1. The van der Waals surface area contributed by atoms with Crippen molar-refractivity contribution in [2.45, 2.75) is 80.3 Å². The Morgan fingerprint density at radius 2 is 1.95 bits per heavy atom. The molecular formula is C17H27IO3. The molecule has 4 heteroatoms. The van der Waals surface area contributed by atoms with E-state index in [4.69, 9.17) is 4.74 Å². The van der Waals surface area contributed by atoms with E-state index in [9.17, 15) is 9.90 Å². The van der Waals surface area contributed by atoms with Crippen molar-refractivity contribution >= 4 is 28.6 Å². The first-order valence-electron chi connectivity index (χ1n) is 8.48. The Bertz CT molecular complexity index is 414. The summed E-state index contributed by atoms with van der Waals surface area (Å²) in [7, 11) is 0. The third kappa shape index (κ3) is 2.87. The number of fused-ring (bicyclic) bond motifs is 2. The zero-order valence-corrected chi connectivity index (χ0v) is 15.3. The van der Waals surface area contributed by atoms with Gasteiger partial charge in [-0.1, -0.05) is 42.4 Å². The fourth-order valence-electron chi connectivity index (χ4n) is 4.79. The van der Waals surface area contributed by atoms with Crippen LogP contribution in [0.2, 0.25) is 0 Å². The van der Waals surface area contributed by atoms with Crippen LogP contribution in [0, 0.1) is 17.8 Å². The Morgan fingerprint density at radius 3 is 2.48 bits per heavy atom. The van der Waals surface area contributed by atoms with Gasteiger partial charge in [0, 0.05) is 0 Å². The van der Waals surface area contributed by atoms with Gasteiger partial charge in [-0.05, 0) is 63.2 Å². The first kappa shape index (κ1) is 16.0. The summed E-state index contributed by atoms with van der Waals surface area (Å²) < 4.78 is 5.42. The van der Waals surface area contributed by atoms with Gasteiger partial charge in [-0.15, -0.1) is 0 Å². The van der Waals surface area contributed by atoms with E-state index in [1.807, 2.05) is 13.8 Å². The maximum atomic E-state index is 12.2. The summed E-state index contributed by atoms with van der Waals surface area (Å²) in [4.78, 5) is 12.2. The molecule has 0 aromatic carbocycles. The topological polar surface area (TPSA) is 46.5 Å². The molecule has 3 aliphatic carbocycles. The van der Waals surface area contributed by atoms with Gasteiger partial charge in [0.15, 0.2) is 0 Å². The minimum absolute atomic E-state index is 0.0562. The maximum Gasteiger partial charge on any atom is 0.322 e. The number of aliphatic hydroxyl groups is 1. The first-order chi connectivity index (χ1) is 9.86. The van der Waals surface area contributed by atoms with Crippen LogP contribution in [0.15, 0.2) is 0 Å². The van der Waals surface area contributed by atoms with E-state index < -0.39 is 9.02 Å². The Kier molecular flexibility index (Phi) is 4.32. The highest BCUT2D eigenvalue weighted by Gasteiger charge is 2.55. The van der Waals surface area contributed by atoms with Gasteiger partial charge < -0.3 is 9.84 Å². The second-order valence-electron chi connectivity index (χ2n) is 7.64. The molecule has 1 N–H and O–H groups in total. The van der Waals surface area contributed by atoms with E-state index in [1.165, 1.54) is 12.8 Å². The average Bonchev–Trinajstić information content (AvgIpc) is 3.14. The van der Waals surface area contributed by atoms with Crippen molar-refractivity contribution in [2.75, 3.05) is 0 Å². The number of ether oxygens (including phenoxy) is 1. The molecule has 0 radical (unpaired) electrons. The van der Waals surface area contributed by atoms with Gasteiger partial charge in [0.1, 0.15) is 9.53 Å². The third-order valence-corrected chi connectivity index (χ3v) is 7.50. The molecule has 3 nitrogen and oxygen atoms in total. The quantitative estimate of drug-likeness (QED) is 0.438. The van der Waals surface area contributed by atoms with Gasteiger partial charge in [-0.3, -0.25) is 4.79 Å². The minimum Gasteiger partial charge on any atom is -0.461 e. The highest BCUT2D eigenvalue weighted by Crippen LogP contribution is 2.56. The van der Waals surface area contributed by atoms with Crippen molar-refractivity contribution in [3.05, 3.63) is 0 Å². The molecule has 3 aliphatic rings. The highest BCUT2D eigenvalue weighted by atomic mass is 127. The molecule has 3 rings (SSSR count). The van der Waals surface area contributed by atoms with Crippen LogP contribution in [0.5, 0.6) is 0 Å². The van der Waals surface area contributed by atoms with Crippen molar-refractivity contribution < 1.29 is 14.6 Å². The summed E-state index contributed by atoms with van der Waals surface area (Å²) in [6, 6.07) is 0. The lowest BCUT2D eigenvalue weighted by atomic mass is 9.74. The fourth-order valence-corrected chi connectivity index (χ4v) is 4.92. The summed E-state index contributed by atoms with van der Waals surface area (Å²) in [6.45, 7) is 3.98. The standard InChI is InChI=1S/C17H27IO3/c1-3-16(2,18)15(19)21-14-10-11-8-12(14)9-13(11)17(20)6-4-5-7-17/h11-14,20H,3-10H2,1-2H3. The first-order valence-corrected chi connectivity index (χ1v) is 9.56. The monoisotopic (exact) mass is 406 g/mol. The van der Waals surface area contributed by atoms with E-state index in [0.717, 1.165) is 38.5 Å². The number of hydrogen-bond acceptors (Lipinski definition) is 3. The molecule has 2 bridgehead atoms.